The number of aromatic nitrogens is 1. The van der Waals surface area contributed by atoms with Crippen LogP contribution in [0.3, 0.4) is 0 Å². The molecule has 1 aliphatic rings. The molecule has 112 valence electrons. The maximum atomic E-state index is 6.52. The van der Waals surface area contributed by atoms with Crippen LogP contribution in [0.1, 0.15) is 45.6 Å². The first-order valence-corrected chi connectivity index (χ1v) is 8.09. The molecule has 0 saturated heterocycles. The van der Waals surface area contributed by atoms with Gasteiger partial charge in [-0.15, -0.1) is 0 Å². The fourth-order valence-corrected chi connectivity index (χ4v) is 4.20. The molecule has 1 aromatic heterocycles. The Balaban J connectivity index is 2.04. The molecule has 1 heterocycles. The first-order chi connectivity index (χ1) is 10.00. The Morgan fingerprint density at radius 1 is 1.19 bits per heavy atom. The second-order valence-corrected chi connectivity index (χ2v) is 7.31. The lowest BCUT2D eigenvalue weighted by atomic mass is 9.63. The third-order valence-electron chi connectivity index (χ3n) is 5.47. The molecule has 0 aliphatic heterocycles. The molecule has 3 atom stereocenters. The number of rotatable bonds is 2. The van der Waals surface area contributed by atoms with Gasteiger partial charge in [-0.3, -0.25) is 4.98 Å². The molecular formula is C19H26N2. The van der Waals surface area contributed by atoms with Crippen LogP contribution in [0.15, 0.2) is 36.7 Å². The van der Waals surface area contributed by atoms with Gasteiger partial charge in [0.2, 0.25) is 0 Å². The lowest BCUT2D eigenvalue weighted by molar-refractivity contribution is 0.172. The summed E-state index contributed by atoms with van der Waals surface area (Å²) in [7, 11) is 0. The Bertz CT molecular complexity index is 627. The van der Waals surface area contributed by atoms with E-state index >= 15 is 0 Å². The molecule has 2 N–H and O–H groups in total. The van der Waals surface area contributed by atoms with Crippen molar-refractivity contribution in [3.63, 3.8) is 0 Å². The highest BCUT2D eigenvalue weighted by atomic mass is 14.7. The number of nitrogens with two attached hydrogens (primary N) is 1. The van der Waals surface area contributed by atoms with Gasteiger partial charge in [0.15, 0.2) is 0 Å². The van der Waals surface area contributed by atoms with Gasteiger partial charge >= 0.3 is 0 Å². The first-order valence-electron chi connectivity index (χ1n) is 8.09. The highest BCUT2D eigenvalue weighted by Crippen LogP contribution is 2.43. The predicted molar refractivity (Wildman–Crippen MR) is 89.2 cm³/mol. The van der Waals surface area contributed by atoms with Gasteiger partial charge in [-0.05, 0) is 47.1 Å². The lowest BCUT2D eigenvalue weighted by Gasteiger charge is -2.43. The van der Waals surface area contributed by atoms with Crippen LogP contribution in [0.2, 0.25) is 0 Å². The smallest absolute Gasteiger partial charge is 0.0349 e. The van der Waals surface area contributed by atoms with Crippen molar-refractivity contribution in [1.82, 2.24) is 4.98 Å². The summed E-state index contributed by atoms with van der Waals surface area (Å²) >= 11 is 0. The molecule has 2 heteroatoms. The fourth-order valence-electron chi connectivity index (χ4n) is 4.20. The third-order valence-corrected chi connectivity index (χ3v) is 5.47. The lowest BCUT2D eigenvalue weighted by Crippen LogP contribution is -2.45. The molecule has 1 aliphatic carbocycles. The highest BCUT2D eigenvalue weighted by molar-refractivity contribution is 5.85. The van der Waals surface area contributed by atoms with Crippen molar-refractivity contribution in [3.05, 3.63) is 42.2 Å². The van der Waals surface area contributed by atoms with Crippen LogP contribution < -0.4 is 5.73 Å². The highest BCUT2D eigenvalue weighted by Gasteiger charge is 2.39. The van der Waals surface area contributed by atoms with E-state index in [1.165, 1.54) is 29.2 Å². The molecule has 0 spiro atoms. The monoisotopic (exact) mass is 282 g/mol. The molecule has 21 heavy (non-hydrogen) atoms. The summed E-state index contributed by atoms with van der Waals surface area (Å²) in [6, 6.07) is 8.98. The van der Waals surface area contributed by atoms with E-state index in [1.54, 1.807) is 0 Å². The maximum absolute atomic E-state index is 6.52. The van der Waals surface area contributed by atoms with Crippen molar-refractivity contribution >= 4 is 10.8 Å². The molecule has 2 aromatic rings. The van der Waals surface area contributed by atoms with Crippen LogP contribution >= 0.6 is 0 Å². The number of fused-ring (bicyclic) bond motifs is 1. The first kappa shape index (κ1) is 14.5. The number of benzene rings is 1. The third kappa shape index (κ3) is 2.57. The SMILES string of the molecule is CC1CCC(C(C)(C)c2cccc3ccncc23)C(N)C1. The largest absolute Gasteiger partial charge is 0.327 e. The van der Waals surface area contributed by atoms with E-state index in [-0.39, 0.29) is 5.41 Å². The summed E-state index contributed by atoms with van der Waals surface area (Å²) in [5.74, 6) is 1.31. The van der Waals surface area contributed by atoms with Gasteiger partial charge in [-0.2, -0.15) is 0 Å². The van der Waals surface area contributed by atoms with Gasteiger partial charge in [0, 0.05) is 23.8 Å². The quantitative estimate of drug-likeness (QED) is 0.893. The molecular weight excluding hydrogens is 256 g/mol. The summed E-state index contributed by atoms with van der Waals surface area (Å²) in [6.07, 6.45) is 7.55. The van der Waals surface area contributed by atoms with E-state index in [1.807, 2.05) is 12.4 Å². The van der Waals surface area contributed by atoms with E-state index in [4.69, 9.17) is 5.73 Å². The minimum atomic E-state index is 0.0854. The van der Waals surface area contributed by atoms with Crippen LogP contribution in [-0.4, -0.2) is 11.0 Å². The summed E-state index contributed by atoms with van der Waals surface area (Å²) in [4.78, 5) is 4.33. The molecule has 2 nitrogen and oxygen atoms in total. The Morgan fingerprint density at radius 2 is 2.00 bits per heavy atom. The maximum Gasteiger partial charge on any atom is 0.0349 e. The number of hydrogen-bond donors (Lipinski definition) is 1. The van der Waals surface area contributed by atoms with Crippen LogP contribution in [0.25, 0.3) is 10.8 Å². The van der Waals surface area contributed by atoms with Gasteiger partial charge in [0.1, 0.15) is 0 Å². The van der Waals surface area contributed by atoms with E-state index in [0.717, 1.165) is 12.3 Å². The second-order valence-electron chi connectivity index (χ2n) is 7.31. The van der Waals surface area contributed by atoms with Crippen LogP contribution in [0, 0.1) is 11.8 Å². The van der Waals surface area contributed by atoms with Gasteiger partial charge < -0.3 is 5.73 Å². The molecule has 0 amide bonds. The Labute approximate surface area is 127 Å². The standard InChI is InChI=1S/C19H26N2/c1-13-7-8-17(18(20)11-13)19(2,3)16-6-4-5-14-9-10-21-12-15(14)16/h4-6,9-10,12-13,17-18H,7-8,11,20H2,1-3H3. The minimum absolute atomic E-state index is 0.0854. The van der Waals surface area contributed by atoms with E-state index in [0.29, 0.717) is 12.0 Å². The molecule has 1 fully saturated rings. The van der Waals surface area contributed by atoms with Crippen molar-refractivity contribution in [2.75, 3.05) is 0 Å². The van der Waals surface area contributed by atoms with E-state index in [9.17, 15) is 0 Å². The Kier molecular flexibility index (Phi) is 3.75. The zero-order valence-electron chi connectivity index (χ0n) is 13.3. The zero-order valence-corrected chi connectivity index (χ0v) is 13.3. The van der Waals surface area contributed by atoms with Crippen molar-refractivity contribution in [2.45, 2.75) is 51.5 Å². The molecule has 1 saturated carbocycles. The van der Waals surface area contributed by atoms with E-state index in [2.05, 4.69) is 50.0 Å². The summed E-state index contributed by atoms with van der Waals surface area (Å²) in [5.41, 5.74) is 8.00. The van der Waals surface area contributed by atoms with Crippen molar-refractivity contribution in [3.8, 4) is 0 Å². The average Bonchev–Trinajstić information content (AvgIpc) is 2.46. The van der Waals surface area contributed by atoms with E-state index < -0.39 is 0 Å². The van der Waals surface area contributed by atoms with Crippen LogP contribution in [0.4, 0.5) is 0 Å². The minimum Gasteiger partial charge on any atom is -0.327 e. The number of nitrogens with zero attached hydrogens (tertiary/aromatic N) is 1. The topological polar surface area (TPSA) is 38.9 Å². The summed E-state index contributed by atoms with van der Waals surface area (Å²) in [5, 5.41) is 2.55. The normalized spacial score (nSPS) is 27.0. The van der Waals surface area contributed by atoms with Gasteiger partial charge in [0.25, 0.3) is 0 Å². The number of pyridine rings is 1. The average molecular weight is 282 g/mol. The van der Waals surface area contributed by atoms with Gasteiger partial charge in [0.05, 0.1) is 0 Å². The van der Waals surface area contributed by atoms with Crippen LogP contribution in [-0.2, 0) is 5.41 Å². The zero-order chi connectivity index (χ0) is 15.0. The molecule has 0 bridgehead atoms. The molecule has 3 rings (SSSR count). The Morgan fingerprint density at radius 3 is 2.76 bits per heavy atom. The number of hydrogen-bond acceptors (Lipinski definition) is 2. The van der Waals surface area contributed by atoms with Gasteiger partial charge in [-0.25, -0.2) is 0 Å². The molecule has 0 radical (unpaired) electrons. The Hall–Kier alpha value is -1.41. The molecule has 1 aromatic carbocycles. The fraction of sp³-hybridized carbons (Fsp3) is 0.526. The summed E-state index contributed by atoms with van der Waals surface area (Å²) in [6.45, 7) is 7.04. The van der Waals surface area contributed by atoms with Crippen LogP contribution in [0.5, 0.6) is 0 Å². The van der Waals surface area contributed by atoms with Crippen molar-refractivity contribution in [1.29, 1.82) is 0 Å². The molecule has 3 unspecified atom stereocenters. The van der Waals surface area contributed by atoms with Crippen molar-refractivity contribution in [2.24, 2.45) is 17.6 Å². The summed E-state index contributed by atoms with van der Waals surface area (Å²) < 4.78 is 0. The second kappa shape index (κ2) is 5.42. The predicted octanol–water partition coefficient (Wildman–Crippen LogP) is 4.28. The van der Waals surface area contributed by atoms with Gasteiger partial charge in [-0.1, -0.05) is 45.4 Å². The van der Waals surface area contributed by atoms with Crippen molar-refractivity contribution < 1.29 is 0 Å².